The van der Waals surface area contributed by atoms with E-state index < -0.39 is 0 Å². The topological polar surface area (TPSA) is 51.1 Å². The Kier molecular flexibility index (Phi) is 10.8. The standard InChI is InChI=1S/C24H42Cl2N4O/c1-6-7-8-9-10-11-12-13-14-15-16-31-19-17-23(2,3)30(24(4,5)18-19)22-28-20(25)27-21(26)29-22/h19H,6-18H2,1-5H3. The number of hydrogen-bond acceptors (Lipinski definition) is 5. The van der Waals surface area contributed by atoms with Crippen LogP contribution in [0.25, 0.3) is 0 Å². The normalized spacial score (nSPS) is 18.5. The van der Waals surface area contributed by atoms with Crippen molar-refractivity contribution < 1.29 is 4.74 Å². The van der Waals surface area contributed by atoms with Crippen molar-refractivity contribution in [2.75, 3.05) is 11.5 Å². The number of anilines is 1. The summed E-state index contributed by atoms with van der Waals surface area (Å²) in [4.78, 5) is 14.8. The van der Waals surface area contributed by atoms with E-state index >= 15 is 0 Å². The van der Waals surface area contributed by atoms with Gasteiger partial charge < -0.3 is 9.64 Å². The summed E-state index contributed by atoms with van der Waals surface area (Å²) < 4.78 is 6.33. The number of halogens is 2. The van der Waals surface area contributed by atoms with Gasteiger partial charge in [0, 0.05) is 17.7 Å². The summed E-state index contributed by atoms with van der Waals surface area (Å²) in [5.74, 6) is 0.535. The predicted octanol–water partition coefficient (Wildman–Crippen LogP) is 7.64. The molecule has 0 atom stereocenters. The lowest BCUT2D eigenvalue weighted by Crippen LogP contribution is -2.63. The van der Waals surface area contributed by atoms with Crippen molar-refractivity contribution in [1.29, 1.82) is 0 Å². The van der Waals surface area contributed by atoms with E-state index in [9.17, 15) is 0 Å². The molecular weight excluding hydrogens is 431 g/mol. The van der Waals surface area contributed by atoms with Crippen molar-refractivity contribution in [3.63, 3.8) is 0 Å². The van der Waals surface area contributed by atoms with Gasteiger partial charge in [0.15, 0.2) is 0 Å². The van der Waals surface area contributed by atoms with Gasteiger partial charge >= 0.3 is 0 Å². The number of ether oxygens (including phenoxy) is 1. The van der Waals surface area contributed by atoms with Gasteiger partial charge in [0.2, 0.25) is 16.5 Å². The van der Waals surface area contributed by atoms with E-state index in [2.05, 4.69) is 54.5 Å². The number of aromatic nitrogens is 3. The molecule has 0 amide bonds. The monoisotopic (exact) mass is 472 g/mol. The minimum absolute atomic E-state index is 0.126. The Hall–Kier alpha value is -0.650. The minimum atomic E-state index is -0.182. The number of piperidine rings is 1. The van der Waals surface area contributed by atoms with E-state index in [0.29, 0.717) is 5.95 Å². The average molecular weight is 474 g/mol. The molecule has 0 radical (unpaired) electrons. The van der Waals surface area contributed by atoms with Gasteiger partial charge in [0.25, 0.3) is 0 Å². The van der Waals surface area contributed by atoms with Crippen LogP contribution < -0.4 is 4.90 Å². The largest absolute Gasteiger partial charge is 0.378 e. The highest BCUT2D eigenvalue weighted by molar-refractivity contribution is 6.31. The van der Waals surface area contributed by atoms with Crippen LogP contribution in [0.3, 0.4) is 0 Å². The lowest BCUT2D eigenvalue weighted by atomic mass is 9.78. The molecule has 1 aromatic heterocycles. The van der Waals surface area contributed by atoms with Crippen LogP contribution in [-0.4, -0.2) is 38.7 Å². The summed E-state index contributed by atoms with van der Waals surface area (Å²) in [5, 5.41) is 0.252. The minimum Gasteiger partial charge on any atom is -0.378 e. The van der Waals surface area contributed by atoms with Gasteiger partial charge in [-0.25, -0.2) is 0 Å². The van der Waals surface area contributed by atoms with Crippen LogP contribution in [0.2, 0.25) is 10.6 Å². The maximum Gasteiger partial charge on any atom is 0.231 e. The maximum absolute atomic E-state index is 6.33. The Morgan fingerprint density at radius 3 is 1.71 bits per heavy atom. The van der Waals surface area contributed by atoms with Gasteiger partial charge in [-0.05, 0) is 70.2 Å². The smallest absolute Gasteiger partial charge is 0.231 e. The Morgan fingerprint density at radius 1 is 0.774 bits per heavy atom. The first-order valence-corrected chi connectivity index (χ1v) is 12.9. The van der Waals surface area contributed by atoms with Crippen LogP contribution in [0.5, 0.6) is 0 Å². The lowest BCUT2D eigenvalue weighted by Gasteiger charge is -2.55. The predicted molar refractivity (Wildman–Crippen MR) is 131 cm³/mol. The number of nitrogens with zero attached hydrogens (tertiary/aromatic N) is 4. The van der Waals surface area contributed by atoms with E-state index in [1.807, 2.05) is 0 Å². The third-order valence-electron chi connectivity index (χ3n) is 6.29. The Balaban J connectivity index is 1.75. The van der Waals surface area contributed by atoms with Gasteiger partial charge in [0.1, 0.15) is 0 Å². The summed E-state index contributed by atoms with van der Waals surface area (Å²) in [6.07, 6.45) is 15.5. The second-order valence-corrected chi connectivity index (χ2v) is 10.9. The third-order valence-corrected chi connectivity index (χ3v) is 6.62. The molecule has 2 rings (SSSR count). The van der Waals surface area contributed by atoms with Crippen molar-refractivity contribution in [2.24, 2.45) is 0 Å². The number of unbranched alkanes of at least 4 members (excludes halogenated alkanes) is 9. The molecule has 7 heteroatoms. The molecule has 2 heterocycles. The second-order valence-electron chi connectivity index (χ2n) is 10.2. The summed E-state index contributed by atoms with van der Waals surface area (Å²) in [7, 11) is 0. The SMILES string of the molecule is CCCCCCCCCCCCOC1CC(C)(C)N(c2nc(Cl)nc(Cl)n2)C(C)(C)C1. The first kappa shape index (κ1) is 26.6. The molecule has 178 valence electrons. The summed E-state index contributed by atoms with van der Waals surface area (Å²) in [5.41, 5.74) is -0.365. The van der Waals surface area contributed by atoms with Crippen LogP contribution in [0.15, 0.2) is 0 Å². The van der Waals surface area contributed by atoms with Gasteiger partial charge in [-0.15, -0.1) is 0 Å². The fourth-order valence-corrected chi connectivity index (χ4v) is 5.46. The fourth-order valence-electron chi connectivity index (χ4n) is 5.10. The molecule has 31 heavy (non-hydrogen) atoms. The summed E-state index contributed by atoms with van der Waals surface area (Å²) >= 11 is 12.1. The summed E-state index contributed by atoms with van der Waals surface area (Å²) in [6.45, 7) is 11.9. The molecular formula is C24H42Cl2N4O. The maximum atomic E-state index is 6.33. The molecule has 0 aliphatic carbocycles. The molecule has 1 aromatic rings. The average Bonchev–Trinajstić information content (AvgIpc) is 2.63. The van der Waals surface area contributed by atoms with Gasteiger partial charge in [-0.2, -0.15) is 15.0 Å². The highest BCUT2D eigenvalue weighted by Gasteiger charge is 2.47. The molecule has 0 bridgehead atoms. The molecule has 0 unspecified atom stereocenters. The van der Waals surface area contributed by atoms with Crippen LogP contribution in [0.1, 0.15) is 112 Å². The van der Waals surface area contributed by atoms with Gasteiger partial charge in [-0.1, -0.05) is 64.7 Å². The first-order chi connectivity index (χ1) is 14.7. The highest BCUT2D eigenvalue weighted by Crippen LogP contribution is 2.42. The van der Waals surface area contributed by atoms with E-state index in [-0.39, 0.29) is 27.7 Å². The van der Waals surface area contributed by atoms with Crippen LogP contribution in [0, 0.1) is 0 Å². The third kappa shape index (κ3) is 8.66. The highest BCUT2D eigenvalue weighted by atomic mass is 35.5. The quantitative estimate of drug-likeness (QED) is 0.276. The van der Waals surface area contributed by atoms with Crippen molar-refractivity contribution >= 4 is 29.2 Å². The number of hydrogen-bond donors (Lipinski definition) is 0. The zero-order chi connectivity index (χ0) is 22.9. The zero-order valence-corrected chi connectivity index (χ0v) is 21.7. The van der Waals surface area contributed by atoms with Crippen molar-refractivity contribution in [3.05, 3.63) is 10.6 Å². The zero-order valence-electron chi connectivity index (χ0n) is 20.2. The molecule has 0 spiro atoms. The summed E-state index contributed by atoms with van der Waals surface area (Å²) in [6, 6.07) is 0. The Labute approximate surface area is 199 Å². The van der Waals surface area contributed by atoms with Crippen molar-refractivity contribution in [2.45, 2.75) is 129 Å². The molecule has 0 saturated carbocycles. The number of rotatable bonds is 13. The van der Waals surface area contributed by atoms with Gasteiger partial charge in [-0.3, -0.25) is 0 Å². The van der Waals surface area contributed by atoms with Crippen molar-refractivity contribution in [3.8, 4) is 0 Å². The second kappa shape index (κ2) is 12.6. The Bertz CT molecular complexity index is 631. The molecule has 1 fully saturated rings. The van der Waals surface area contributed by atoms with E-state index in [1.165, 1.54) is 57.8 Å². The molecule has 0 aromatic carbocycles. The van der Waals surface area contributed by atoms with E-state index in [0.717, 1.165) is 25.9 Å². The van der Waals surface area contributed by atoms with Crippen LogP contribution in [0.4, 0.5) is 5.95 Å². The lowest BCUT2D eigenvalue weighted by molar-refractivity contribution is -0.00891. The van der Waals surface area contributed by atoms with Crippen LogP contribution >= 0.6 is 23.2 Å². The molecule has 1 saturated heterocycles. The van der Waals surface area contributed by atoms with E-state index in [1.54, 1.807) is 0 Å². The molecule has 5 nitrogen and oxygen atoms in total. The molecule has 1 aliphatic rings. The first-order valence-electron chi connectivity index (χ1n) is 12.1. The molecule has 0 N–H and O–H groups in total. The van der Waals surface area contributed by atoms with Crippen LogP contribution in [-0.2, 0) is 4.74 Å². The Morgan fingerprint density at radius 2 is 1.23 bits per heavy atom. The van der Waals surface area contributed by atoms with Gasteiger partial charge in [0.05, 0.1) is 6.10 Å². The fraction of sp³-hybridized carbons (Fsp3) is 0.875. The van der Waals surface area contributed by atoms with Crippen molar-refractivity contribution in [1.82, 2.24) is 15.0 Å². The molecule has 1 aliphatic heterocycles. The van der Waals surface area contributed by atoms with E-state index in [4.69, 9.17) is 27.9 Å².